The number of aromatic nitrogens is 1. The minimum Gasteiger partial charge on any atom is -0.355 e. The topological polar surface area (TPSA) is 78.7 Å². The molecule has 0 atom stereocenters. The quantitative estimate of drug-likeness (QED) is 0.430. The Morgan fingerprint density at radius 3 is 2.64 bits per heavy atom. The van der Waals surface area contributed by atoms with Crippen molar-refractivity contribution in [2.24, 2.45) is 12.0 Å². The number of sulfonamides is 1. The summed E-state index contributed by atoms with van der Waals surface area (Å²) in [7, 11) is 2.22. The summed E-state index contributed by atoms with van der Waals surface area (Å²) >= 11 is 1.27. The maximum Gasteiger partial charge on any atom is 0.250 e. The largest absolute Gasteiger partial charge is 0.355 e. The molecule has 0 saturated heterocycles. The summed E-state index contributed by atoms with van der Waals surface area (Å²) in [5, 5.41) is 3.17. The van der Waals surface area contributed by atoms with Gasteiger partial charge in [0.05, 0.1) is 6.54 Å². The van der Waals surface area contributed by atoms with E-state index in [1.165, 1.54) is 17.0 Å². The molecular formula is C16H25N5O2S2. The second kappa shape index (κ2) is 8.50. The van der Waals surface area contributed by atoms with E-state index >= 15 is 0 Å². The molecule has 9 heteroatoms. The molecule has 0 aliphatic heterocycles. The maximum absolute atomic E-state index is 12.2. The number of hydrogen-bond acceptors (Lipinski definition) is 4. The number of thiophene rings is 1. The average Bonchev–Trinajstić information content (AvgIpc) is 3.17. The number of nitrogens with one attached hydrogen (secondary N) is 2. The van der Waals surface area contributed by atoms with E-state index in [-0.39, 0.29) is 6.54 Å². The van der Waals surface area contributed by atoms with E-state index in [4.69, 9.17) is 0 Å². The van der Waals surface area contributed by atoms with Crippen LogP contribution in [0, 0.1) is 6.92 Å². The number of guanidine groups is 1. The summed E-state index contributed by atoms with van der Waals surface area (Å²) in [4.78, 5) is 7.21. The summed E-state index contributed by atoms with van der Waals surface area (Å²) in [5.74, 6) is 0.715. The lowest BCUT2D eigenvalue weighted by atomic mass is 10.4. The van der Waals surface area contributed by atoms with Gasteiger partial charge in [-0.15, -0.1) is 11.3 Å². The van der Waals surface area contributed by atoms with Crippen LogP contribution in [0.1, 0.15) is 10.6 Å². The molecule has 0 spiro atoms. The average molecular weight is 384 g/mol. The first-order valence-corrected chi connectivity index (χ1v) is 10.2. The van der Waals surface area contributed by atoms with Gasteiger partial charge in [0, 0.05) is 51.0 Å². The third kappa shape index (κ3) is 5.32. The number of hydrogen-bond donors (Lipinski definition) is 2. The summed E-state index contributed by atoms with van der Waals surface area (Å²) in [6.07, 6.45) is 2.00. The molecule has 0 unspecified atom stereocenters. The number of aliphatic imine (C=N–C) groups is 1. The van der Waals surface area contributed by atoms with E-state index in [1.54, 1.807) is 19.2 Å². The molecule has 0 saturated carbocycles. The minimum absolute atomic E-state index is 0.288. The molecular weight excluding hydrogens is 358 g/mol. The highest BCUT2D eigenvalue weighted by Crippen LogP contribution is 2.19. The monoisotopic (exact) mass is 383 g/mol. The molecule has 25 heavy (non-hydrogen) atoms. The Balaban J connectivity index is 1.82. The zero-order valence-electron chi connectivity index (χ0n) is 15.0. The van der Waals surface area contributed by atoms with Crippen LogP contribution in [0.4, 0.5) is 0 Å². The van der Waals surface area contributed by atoms with Crippen molar-refractivity contribution < 1.29 is 8.42 Å². The molecule has 0 bridgehead atoms. The van der Waals surface area contributed by atoms with E-state index in [1.807, 2.05) is 38.2 Å². The van der Waals surface area contributed by atoms with Crippen molar-refractivity contribution in [3.8, 4) is 0 Å². The second-order valence-corrected chi connectivity index (χ2v) is 8.99. The predicted octanol–water partition coefficient (Wildman–Crippen LogP) is 1.38. The van der Waals surface area contributed by atoms with Gasteiger partial charge in [0.2, 0.25) is 10.0 Å². The zero-order valence-corrected chi connectivity index (χ0v) is 16.6. The van der Waals surface area contributed by atoms with Gasteiger partial charge < -0.3 is 14.8 Å². The molecule has 0 fully saturated rings. The van der Waals surface area contributed by atoms with Crippen molar-refractivity contribution in [3.05, 3.63) is 41.0 Å². The molecule has 0 aliphatic rings. The Labute approximate surface area is 153 Å². The molecule has 0 aliphatic carbocycles. The Bertz CT molecular complexity index is 823. The molecule has 0 aromatic carbocycles. The normalized spacial score (nSPS) is 12.4. The van der Waals surface area contributed by atoms with Gasteiger partial charge >= 0.3 is 0 Å². The van der Waals surface area contributed by atoms with E-state index in [9.17, 15) is 8.42 Å². The fourth-order valence-corrected chi connectivity index (χ4v) is 4.71. The minimum atomic E-state index is -3.44. The first kappa shape index (κ1) is 19.5. The predicted molar refractivity (Wildman–Crippen MR) is 102 cm³/mol. The zero-order chi connectivity index (χ0) is 18.4. The fourth-order valence-electron chi connectivity index (χ4n) is 2.35. The Morgan fingerprint density at radius 1 is 1.32 bits per heavy atom. The van der Waals surface area contributed by atoms with Crippen molar-refractivity contribution in [1.82, 2.24) is 19.5 Å². The maximum atomic E-state index is 12.2. The number of aryl methyl sites for hydroxylation is 2. The highest BCUT2D eigenvalue weighted by molar-refractivity contribution is 7.91. The fraction of sp³-hybridized carbons (Fsp3) is 0.438. The van der Waals surface area contributed by atoms with Crippen LogP contribution in [0.25, 0.3) is 0 Å². The van der Waals surface area contributed by atoms with E-state index in [2.05, 4.69) is 25.7 Å². The Kier molecular flexibility index (Phi) is 6.63. The molecule has 0 radical (unpaired) electrons. The van der Waals surface area contributed by atoms with Gasteiger partial charge in [0.1, 0.15) is 4.21 Å². The smallest absolute Gasteiger partial charge is 0.250 e. The summed E-state index contributed by atoms with van der Waals surface area (Å²) in [6.45, 7) is 3.34. The van der Waals surface area contributed by atoms with Gasteiger partial charge in [-0.3, -0.25) is 4.99 Å². The van der Waals surface area contributed by atoms with Gasteiger partial charge in [0.15, 0.2) is 5.96 Å². The van der Waals surface area contributed by atoms with Crippen molar-refractivity contribution in [1.29, 1.82) is 0 Å². The van der Waals surface area contributed by atoms with Crippen LogP contribution in [0.15, 0.2) is 39.7 Å². The molecule has 138 valence electrons. The van der Waals surface area contributed by atoms with Crippen LogP contribution in [-0.2, 0) is 23.6 Å². The van der Waals surface area contributed by atoms with Crippen LogP contribution in [0.3, 0.4) is 0 Å². The number of nitrogens with zero attached hydrogens (tertiary/aromatic N) is 3. The van der Waals surface area contributed by atoms with E-state index in [0.717, 1.165) is 4.88 Å². The molecule has 2 rings (SSSR count). The Hall–Kier alpha value is -1.84. The standard InChI is InChI=1S/C16H25N5O2S2/c1-13-7-8-15(24-13)25(22,23)19-10-9-18-16(17-2)21(4)12-14-6-5-11-20(14)3/h5-8,11,19H,9-10,12H2,1-4H3,(H,17,18). The lowest BCUT2D eigenvalue weighted by Crippen LogP contribution is -2.42. The van der Waals surface area contributed by atoms with Crippen LogP contribution in [-0.4, -0.2) is 51.0 Å². The molecule has 2 aromatic rings. The Morgan fingerprint density at radius 2 is 2.08 bits per heavy atom. The van der Waals surface area contributed by atoms with Crippen molar-refractivity contribution in [2.45, 2.75) is 17.7 Å². The third-order valence-corrected chi connectivity index (χ3v) is 6.66. The van der Waals surface area contributed by atoms with Crippen molar-refractivity contribution in [3.63, 3.8) is 0 Å². The molecule has 2 aromatic heterocycles. The molecule has 2 N–H and O–H groups in total. The lowest BCUT2D eigenvalue weighted by molar-refractivity contribution is 0.462. The first-order valence-electron chi connectivity index (χ1n) is 7.91. The molecule has 0 amide bonds. The van der Waals surface area contributed by atoms with Gasteiger partial charge in [-0.2, -0.15) is 0 Å². The van der Waals surface area contributed by atoms with Gasteiger partial charge in [0.25, 0.3) is 0 Å². The van der Waals surface area contributed by atoms with Gasteiger partial charge in [-0.05, 0) is 31.2 Å². The van der Waals surface area contributed by atoms with Crippen LogP contribution >= 0.6 is 11.3 Å². The van der Waals surface area contributed by atoms with E-state index in [0.29, 0.717) is 23.3 Å². The molecule has 7 nitrogen and oxygen atoms in total. The second-order valence-electron chi connectivity index (χ2n) is 5.70. The van der Waals surface area contributed by atoms with Crippen LogP contribution < -0.4 is 10.0 Å². The molecule has 2 heterocycles. The summed E-state index contributed by atoms with van der Waals surface area (Å²) < 4.78 is 29.3. The SMILES string of the molecule is CN=C(NCCNS(=O)(=O)c1ccc(C)s1)N(C)Cc1cccn1C. The van der Waals surface area contributed by atoms with Crippen molar-refractivity contribution in [2.75, 3.05) is 27.2 Å². The highest BCUT2D eigenvalue weighted by Gasteiger charge is 2.15. The van der Waals surface area contributed by atoms with Crippen LogP contribution in [0.2, 0.25) is 0 Å². The summed E-state index contributed by atoms with van der Waals surface area (Å²) in [6, 6.07) is 7.49. The third-order valence-electron chi connectivity index (χ3n) is 3.70. The summed E-state index contributed by atoms with van der Waals surface area (Å²) in [5.41, 5.74) is 1.17. The van der Waals surface area contributed by atoms with Crippen LogP contribution in [0.5, 0.6) is 0 Å². The van der Waals surface area contributed by atoms with Gasteiger partial charge in [-0.1, -0.05) is 0 Å². The highest BCUT2D eigenvalue weighted by atomic mass is 32.2. The van der Waals surface area contributed by atoms with Gasteiger partial charge in [-0.25, -0.2) is 13.1 Å². The first-order chi connectivity index (χ1) is 11.8. The van der Waals surface area contributed by atoms with Crippen molar-refractivity contribution >= 4 is 27.3 Å². The van der Waals surface area contributed by atoms with E-state index < -0.39 is 10.0 Å². The number of rotatable bonds is 7. The lowest BCUT2D eigenvalue weighted by Gasteiger charge is -2.22.